The summed E-state index contributed by atoms with van der Waals surface area (Å²) in [5.41, 5.74) is 1.10. The summed E-state index contributed by atoms with van der Waals surface area (Å²) in [5, 5.41) is 14.5. The molecule has 0 heterocycles. The summed E-state index contributed by atoms with van der Waals surface area (Å²) >= 11 is 0. The average molecular weight is 204 g/mol. The molecular weight excluding hydrogens is 195 g/mol. The van der Waals surface area contributed by atoms with Crippen molar-refractivity contribution in [2.75, 3.05) is 6.61 Å². The lowest BCUT2D eigenvalue weighted by Gasteiger charge is -2.13. The minimum atomic E-state index is -4.85. The first-order valence-corrected chi connectivity index (χ1v) is 3.88. The van der Waals surface area contributed by atoms with Gasteiger partial charge >= 0.3 is 0 Å². The van der Waals surface area contributed by atoms with Gasteiger partial charge in [-0.15, -0.1) is 0 Å². The topological polar surface area (TPSA) is 167 Å². The predicted octanol–water partition coefficient (Wildman–Crippen LogP) is -3.41. The quantitative estimate of drug-likeness (QED) is 0.181. The molecular formula is C2H9N2O7P. The summed E-state index contributed by atoms with van der Waals surface area (Å²) in [6.45, 7) is -0.937. The SMILES string of the molecule is O=C(COP(=O)([O-])O)NO.[NH3+]O. The third-order valence-electron chi connectivity index (χ3n) is 0.483. The van der Waals surface area contributed by atoms with Gasteiger partial charge in [-0.3, -0.25) is 14.6 Å². The van der Waals surface area contributed by atoms with Gasteiger partial charge in [0.05, 0.1) is 0 Å². The second-order valence-electron chi connectivity index (χ2n) is 1.28. The zero-order chi connectivity index (χ0) is 10.2. The summed E-state index contributed by atoms with van der Waals surface area (Å²) in [5.74, 6) is 1.19. The van der Waals surface area contributed by atoms with Crippen LogP contribution in [0.25, 0.3) is 0 Å². The van der Waals surface area contributed by atoms with Crippen molar-refractivity contribution in [1.82, 2.24) is 5.48 Å². The highest BCUT2D eigenvalue weighted by Crippen LogP contribution is 2.29. The molecule has 0 radical (unpaired) electrons. The maximum atomic E-state index is 10.0. The molecule has 0 aromatic heterocycles. The Labute approximate surface area is 66.9 Å². The van der Waals surface area contributed by atoms with Crippen molar-refractivity contribution in [2.24, 2.45) is 0 Å². The number of phosphoric acid groups is 1. The van der Waals surface area contributed by atoms with Gasteiger partial charge in [0.1, 0.15) is 6.61 Å². The predicted molar refractivity (Wildman–Crippen MR) is 30.4 cm³/mol. The fourth-order valence-corrected chi connectivity index (χ4v) is 0.453. The number of hydroxylamine groups is 1. The minimum Gasteiger partial charge on any atom is -0.756 e. The monoisotopic (exact) mass is 204 g/mol. The van der Waals surface area contributed by atoms with Gasteiger partial charge in [0.25, 0.3) is 13.7 Å². The Balaban J connectivity index is 0. The van der Waals surface area contributed by atoms with E-state index >= 15 is 0 Å². The van der Waals surface area contributed by atoms with Gasteiger partial charge in [-0.2, -0.15) is 0 Å². The largest absolute Gasteiger partial charge is 0.756 e. The molecule has 0 aromatic carbocycles. The number of hydrogen-bond acceptors (Lipinski definition) is 6. The molecule has 10 heteroatoms. The van der Waals surface area contributed by atoms with E-state index in [1.807, 2.05) is 0 Å². The molecule has 0 aliphatic carbocycles. The van der Waals surface area contributed by atoms with Crippen molar-refractivity contribution in [1.29, 1.82) is 0 Å². The minimum absolute atomic E-state index is 0.937. The number of nitrogens with one attached hydrogen (secondary N) is 1. The van der Waals surface area contributed by atoms with E-state index in [9.17, 15) is 14.3 Å². The zero-order valence-electron chi connectivity index (χ0n) is 5.84. The third kappa shape index (κ3) is 12.2. The van der Waals surface area contributed by atoms with Gasteiger partial charge < -0.3 is 14.3 Å². The Bertz CT molecular complexity index is 165. The second-order valence-corrected chi connectivity index (χ2v) is 2.47. The Morgan fingerprint density at radius 3 is 2.33 bits per heavy atom. The highest BCUT2D eigenvalue weighted by Gasteiger charge is 2.05. The molecule has 0 bridgehead atoms. The molecule has 0 fully saturated rings. The number of amides is 1. The smallest absolute Gasteiger partial charge is 0.269 e. The lowest BCUT2D eigenvalue weighted by molar-refractivity contribution is -0.670. The average Bonchev–Trinajstić information content (AvgIpc) is 2.03. The molecule has 0 rings (SSSR count). The second kappa shape index (κ2) is 7.13. The molecule has 0 saturated heterocycles. The molecule has 0 spiro atoms. The number of rotatable bonds is 3. The van der Waals surface area contributed by atoms with Gasteiger partial charge in [-0.1, -0.05) is 0 Å². The van der Waals surface area contributed by atoms with Crippen molar-refractivity contribution < 1.29 is 40.0 Å². The molecule has 12 heavy (non-hydrogen) atoms. The first kappa shape index (κ1) is 14.0. The summed E-state index contributed by atoms with van der Waals surface area (Å²) < 4.78 is 13.3. The highest BCUT2D eigenvalue weighted by atomic mass is 31.2. The van der Waals surface area contributed by atoms with E-state index in [0.29, 0.717) is 0 Å². The Kier molecular flexibility index (Phi) is 8.32. The molecule has 1 amide bonds. The van der Waals surface area contributed by atoms with Crippen molar-refractivity contribution in [3.05, 3.63) is 0 Å². The summed E-state index contributed by atoms with van der Waals surface area (Å²) in [6.07, 6.45) is 0. The van der Waals surface area contributed by atoms with Crippen LogP contribution in [0.15, 0.2) is 0 Å². The fourth-order valence-electron chi connectivity index (χ4n) is 0.172. The fraction of sp³-hybridized carbons (Fsp3) is 0.500. The van der Waals surface area contributed by atoms with Crippen molar-refractivity contribution in [3.63, 3.8) is 0 Å². The van der Waals surface area contributed by atoms with Gasteiger partial charge in [0.2, 0.25) is 0 Å². The van der Waals surface area contributed by atoms with Crippen molar-refractivity contribution in [3.8, 4) is 0 Å². The summed E-state index contributed by atoms with van der Waals surface area (Å²) in [6, 6.07) is 0. The molecule has 0 aliphatic heterocycles. The van der Waals surface area contributed by atoms with E-state index in [-0.39, 0.29) is 0 Å². The van der Waals surface area contributed by atoms with E-state index in [4.69, 9.17) is 15.3 Å². The van der Waals surface area contributed by atoms with E-state index < -0.39 is 20.3 Å². The van der Waals surface area contributed by atoms with Gasteiger partial charge in [0, 0.05) is 0 Å². The molecule has 0 aliphatic rings. The van der Waals surface area contributed by atoms with Crippen LogP contribution in [0.5, 0.6) is 0 Å². The van der Waals surface area contributed by atoms with Crippen LogP contribution in [-0.4, -0.2) is 27.8 Å². The molecule has 0 aromatic rings. The standard InChI is InChI=1S/C2H6NO6P.H4NO/c4-2(3-5)1-9-10(6,7)8;1-2/h5H,1H2,(H,3,4)(H2,6,7,8);2H,1H3/q;+1/p-1. The van der Waals surface area contributed by atoms with Crippen LogP contribution >= 0.6 is 7.82 Å². The van der Waals surface area contributed by atoms with Gasteiger partial charge in [-0.25, -0.2) is 16.6 Å². The first-order chi connectivity index (χ1) is 5.45. The van der Waals surface area contributed by atoms with E-state index in [2.05, 4.69) is 10.4 Å². The first-order valence-electron chi connectivity index (χ1n) is 2.38. The Morgan fingerprint density at radius 2 is 2.08 bits per heavy atom. The number of hydrogen-bond donors (Lipinski definition) is 5. The number of quaternary nitrogens is 1. The van der Waals surface area contributed by atoms with Crippen molar-refractivity contribution in [2.45, 2.75) is 0 Å². The molecule has 0 saturated carbocycles. The highest BCUT2D eigenvalue weighted by molar-refractivity contribution is 7.44. The lowest BCUT2D eigenvalue weighted by atomic mass is 10.7. The Hall–Kier alpha value is -0.540. The lowest BCUT2D eigenvalue weighted by Crippen LogP contribution is -2.42. The maximum absolute atomic E-state index is 10.0. The van der Waals surface area contributed by atoms with Gasteiger partial charge in [-0.05, 0) is 0 Å². The van der Waals surface area contributed by atoms with E-state index in [1.54, 1.807) is 0 Å². The molecule has 74 valence electrons. The summed E-state index contributed by atoms with van der Waals surface area (Å²) in [7, 11) is -4.85. The van der Waals surface area contributed by atoms with Crippen LogP contribution in [0.2, 0.25) is 0 Å². The number of phosphoric ester groups is 1. The third-order valence-corrected chi connectivity index (χ3v) is 0.939. The number of carbonyl (C=O) groups excluding carboxylic acids is 1. The maximum Gasteiger partial charge on any atom is 0.269 e. The molecule has 9 nitrogen and oxygen atoms in total. The normalized spacial score (nSPS) is 13.8. The van der Waals surface area contributed by atoms with Crippen molar-refractivity contribution >= 4 is 13.7 Å². The summed E-state index contributed by atoms with van der Waals surface area (Å²) in [4.78, 5) is 27.6. The van der Waals surface area contributed by atoms with Crippen LogP contribution in [-0.2, 0) is 13.9 Å². The van der Waals surface area contributed by atoms with E-state index in [1.165, 1.54) is 0 Å². The van der Waals surface area contributed by atoms with Crippen LogP contribution in [0.4, 0.5) is 0 Å². The van der Waals surface area contributed by atoms with Crippen LogP contribution in [0, 0.1) is 0 Å². The molecule has 1 atom stereocenters. The zero-order valence-corrected chi connectivity index (χ0v) is 6.73. The molecule has 7 N–H and O–H groups in total. The van der Waals surface area contributed by atoms with Crippen LogP contribution in [0.3, 0.4) is 0 Å². The number of carbonyl (C=O) groups is 1. The van der Waals surface area contributed by atoms with Gasteiger partial charge in [0.15, 0.2) is 0 Å². The Morgan fingerprint density at radius 1 is 1.67 bits per heavy atom. The van der Waals surface area contributed by atoms with Crippen LogP contribution < -0.4 is 16.3 Å². The van der Waals surface area contributed by atoms with E-state index in [0.717, 1.165) is 5.48 Å². The van der Waals surface area contributed by atoms with Crippen LogP contribution in [0.1, 0.15) is 0 Å². The molecule has 1 unspecified atom stereocenters.